The summed E-state index contributed by atoms with van der Waals surface area (Å²) in [5, 5.41) is 2.01. The Balaban J connectivity index is 2.06. The van der Waals surface area contributed by atoms with Crippen molar-refractivity contribution in [1.82, 2.24) is 5.32 Å². The molecule has 1 N–H and O–H groups in total. The first-order chi connectivity index (χ1) is 7.15. The molecule has 15 heavy (non-hydrogen) atoms. The van der Waals surface area contributed by atoms with Crippen molar-refractivity contribution in [2.45, 2.75) is 16.6 Å². The molecular weight excluding hydrogens is 278 g/mol. The van der Waals surface area contributed by atoms with Gasteiger partial charge in [-0.3, -0.25) is 14.9 Å². The molecular formula is C10H8BrNO2S. The van der Waals surface area contributed by atoms with Gasteiger partial charge in [-0.05, 0) is 24.3 Å². The maximum atomic E-state index is 11.3. The molecule has 1 saturated heterocycles. The van der Waals surface area contributed by atoms with Gasteiger partial charge >= 0.3 is 0 Å². The number of carbonyl (C=O) groups is 2. The van der Waals surface area contributed by atoms with Gasteiger partial charge in [-0.15, -0.1) is 11.8 Å². The van der Waals surface area contributed by atoms with Crippen molar-refractivity contribution in [3.8, 4) is 0 Å². The molecule has 0 bridgehead atoms. The van der Waals surface area contributed by atoms with Crippen LogP contribution in [-0.2, 0) is 9.59 Å². The molecule has 0 aliphatic carbocycles. The fourth-order valence-corrected chi connectivity index (χ4v) is 2.59. The van der Waals surface area contributed by atoms with E-state index >= 15 is 0 Å². The molecule has 1 aromatic rings. The highest BCUT2D eigenvalue weighted by atomic mass is 79.9. The molecule has 1 atom stereocenters. The van der Waals surface area contributed by atoms with Gasteiger partial charge in [-0.25, -0.2) is 0 Å². The Morgan fingerprint density at radius 3 is 2.47 bits per heavy atom. The zero-order chi connectivity index (χ0) is 10.8. The number of carbonyl (C=O) groups excluding carboxylic acids is 2. The van der Waals surface area contributed by atoms with Crippen molar-refractivity contribution in [1.29, 1.82) is 0 Å². The maximum absolute atomic E-state index is 11.3. The highest BCUT2D eigenvalue weighted by Gasteiger charge is 2.31. The molecule has 1 aliphatic rings. The van der Waals surface area contributed by atoms with E-state index in [0.717, 1.165) is 9.37 Å². The average molecular weight is 286 g/mol. The monoisotopic (exact) mass is 285 g/mol. The van der Waals surface area contributed by atoms with Gasteiger partial charge < -0.3 is 0 Å². The molecule has 1 aliphatic heterocycles. The second kappa shape index (κ2) is 4.37. The summed E-state index contributed by atoms with van der Waals surface area (Å²) >= 11 is 4.75. The quantitative estimate of drug-likeness (QED) is 0.845. The van der Waals surface area contributed by atoms with Crippen LogP contribution in [0.1, 0.15) is 6.42 Å². The number of imide groups is 1. The Kier molecular flexibility index (Phi) is 3.11. The third-order valence-electron chi connectivity index (χ3n) is 2.02. The third kappa shape index (κ3) is 2.60. The Morgan fingerprint density at radius 1 is 1.27 bits per heavy atom. The minimum absolute atomic E-state index is 0.186. The van der Waals surface area contributed by atoms with Crippen LogP contribution in [0.3, 0.4) is 0 Å². The third-order valence-corrected chi connectivity index (χ3v) is 3.76. The number of amides is 2. The molecule has 1 aromatic carbocycles. The van der Waals surface area contributed by atoms with Gasteiger partial charge in [-0.2, -0.15) is 0 Å². The number of rotatable bonds is 2. The van der Waals surface area contributed by atoms with Crippen LogP contribution in [0.2, 0.25) is 0 Å². The number of thioether (sulfide) groups is 1. The number of hydrogen-bond donors (Lipinski definition) is 1. The molecule has 0 aromatic heterocycles. The summed E-state index contributed by atoms with van der Waals surface area (Å²) in [6, 6.07) is 7.67. The molecule has 2 rings (SSSR count). The smallest absolute Gasteiger partial charge is 0.240 e. The number of halogens is 1. The van der Waals surface area contributed by atoms with E-state index in [1.54, 1.807) is 0 Å². The standard InChI is InChI=1S/C10H8BrNO2S/c11-6-1-3-7(4-2-6)15-8-5-9(13)12-10(8)14/h1-4,8H,5H2,(H,12,13,14). The van der Waals surface area contributed by atoms with Gasteiger partial charge in [0.1, 0.15) is 0 Å². The van der Waals surface area contributed by atoms with Crippen molar-refractivity contribution in [2.24, 2.45) is 0 Å². The van der Waals surface area contributed by atoms with Crippen LogP contribution < -0.4 is 5.32 Å². The van der Waals surface area contributed by atoms with Crippen LogP contribution in [0.25, 0.3) is 0 Å². The molecule has 3 nitrogen and oxygen atoms in total. The summed E-state index contributed by atoms with van der Waals surface area (Å²) in [6.45, 7) is 0. The van der Waals surface area contributed by atoms with Crippen LogP contribution in [0.15, 0.2) is 33.6 Å². The summed E-state index contributed by atoms with van der Waals surface area (Å²) in [5.74, 6) is -0.373. The Labute approximate surface area is 99.7 Å². The lowest BCUT2D eigenvalue weighted by Crippen LogP contribution is -2.22. The molecule has 1 fully saturated rings. The van der Waals surface area contributed by atoms with Crippen molar-refractivity contribution in [2.75, 3.05) is 0 Å². The van der Waals surface area contributed by atoms with Crippen molar-refractivity contribution >= 4 is 39.5 Å². The summed E-state index contributed by atoms with van der Waals surface area (Å²) in [6.07, 6.45) is 0.277. The van der Waals surface area contributed by atoms with E-state index in [0.29, 0.717) is 0 Å². The van der Waals surface area contributed by atoms with E-state index in [1.807, 2.05) is 24.3 Å². The molecule has 1 heterocycles. The predicted molar refractivity (Wildman–Crippen MR) is 61.6 cm³/mol. The second-order valence-electron chi connectivity index (χ2n) is 3.18. The fraction of sp³-hybridized carbons (Fsp3) is 0.200. The zero-order valence-corrected chi connectivity index (χ0v) is 10.1. The van der Waals surface area contributed by atoms with E-state index in [9.17, 15) is 9.59 Å². The second-order valence-corrected chi connectivity index (χ2v) is 5.37. The number of benzene rings is 1. The average Bonchev–Trinajstić information content (AvgIpc) is 2.49. The lowest BCUT2D eigenvalue weighted by molar-refractivity contribution is -0.124. The topological polar surface area (TPSA) is 46.2 Å². The Morgan fingerprint density at radius 2 is 1.93 bits per heavy atom. The van der Waals surface area contributed by atoms with E-state index in [1.165, 1.54) is 11.8 Å². The van der Waals surface area contributed by atoms with Crippen LogP contribution in [0.4, 0.5) is 0 Å². The molecule has 0 radical (unpaired) electrons. The first kappa shape index (κ1) is 10.7. The first-order valence-electron chi connectivity index (χ1n) is 4.41. The van der Waals surface area contributed by atoms with Crippen molar-refractivity contribution < 1.29 is 9.59 Å². The minimum Gasteiger partial charge on any atom is -0.295 e. The Bertz CT molecular complexity index is 404. The number of hydrogen-bond acceptors (Lipinski definition) is 3. The SMILES string of the molecule is O=C1CC(Sc2ccc(Br)cc2)C(=O)N1. The molecule has 2 amide bonds. The van der Waals surface area contributed by atoms with Crippen LogP contribution >= 0.6 is 27.7 Å². The van der Waals surface area contributed by atoms with E-state index in [4.69, 9.17) is 0 Å². The van der Waals surface area contributed by atoms with Gasteiger partial charge in [0.15, 0.2) is 0 Å². The minimum atomic E-state index is -0.279. The van der Waals surface area contributed by atoms with Crippen LogP contribution in [0.5, 0.6) is 0 Å². The van der Waals surface area contributed by atoms with E-state index < -0.39 is 0 Å². The zero-order valence-electron chi connectivity index (χ0n) is 7.70. The molecule has 0 saturated carbocycles. The molecule has 5 heteroatoms. The lowest BCUT2D eigenvalue weighted by atomic mass is 10.3. The van der Waals surface area contributed by atoms with E-state index in [2.05, 4.69) is 21.2 Å². The summed E-state index contributed by atoms with van der Waals surface area (Å²) in [7, 11) is 0. The normalized spacial score (nSPS) is 20.5. The lowest BCUT2D eigenvalue weighted by Gasteiger charge is -2.05. The van der Waals surface area contributed by atoms with Gasteiger partial charge in [0.25, 0.3) is 0 Å². The molecule has 0 spiro atoms. The van der Waals surface area contributed by atoms with Crippen LogP contribution in [0, 0.1) is 0 Å². The summed E-state index contributed by atoms with van der Waals surface area (Å²) in [4.78, 5) is 23.2. The predicted octanol–water partition coefficient (Wildman–Crippen LogP) is 1.96. The van der Waals surface area contributed by atoms with Gasteiger partial charge in [-0.1, -0.05) is 15.9 Å². The van der Waals surface area contributed by atoms with Gasteiger partial charge in [0.2, 0.25) is 11.8 Å². The highest BCUT2D eigenvalue weighted by molar-refractivity contribution is 9.10. The van der Waals surface area contributed by atoms with Gasteiger partial charge in [0.05, 0.1) is 5.25 Å². The number of nitrogens with one attached hydrogen (secondary N) is 1. The Hall–Kier alpha value is -0.810. The fourth-order valence-electron chi connectivity index (χ4n) is 1.30. The van der Waals surface area contributed by atoms with Gasteiger partial charge in [0, 0.05) is 15.8 Å². The van der Waals surface area contributed by atoms with Crippen molar-refractivity contribution in [3.63, 3.8) is 0 Å². The molecule has 78 valence electrons. The van der Waals surface area contributed by atoms with Crippen LogP contribution in [-0.4, -0.2) is 17.1 Å². The van der Waals surface area contributed by atoms with E-state index in [-0.39, 0.29) is 23.5 Å². The first-order valence-corrected chi connectivity index (χ1v) is 6.08. The maximum Gasteiger partial charge on any atom is 0.240 e. The summed E-state index contributed by atoms with van der Waals surface area (Å²) < 4.78 is 0.999. The molecule has 1 unspecified atom stereocenters. The van der Waals surface area contributed by atoms with Crippen molar-refractivity contribution in [3.05, 3.63) is 28.7 Å². The largest absolute Gasteiger partial charge is 0.295 e. The highest BCUT2D eigenvalue weighted by Crippen LogP contribution is 2.28. The summed E-state index contributed by atoms with van der Waals surface area (Å²) in [5.41, 5.74) is 0.